The molecule has 0 aromatic heterocycles. The van der Waals surface area contributed by atoms with Gasteiger partial charge >= 0.3 is 0 Å². The second-order valence-corrected chi connectivity index (χ2v) is 3.00. The minimum Gasteiger partial charge on any atom is -0.388 e. The zero-order valence-electron chi connectivity index (χ0n) is 6.72. The van der Waals surface area contributed by atoms with Crippen molar-refractivity contribution >= 4 is 11.6 Å². The summed E-state index contributed by atoms with van der Waals surface area (Å²) >= 11 is 5.47. The highest BCUT2D eigenvalue weighted by molar-refractivity contribution is 6.30. The fourth-order valence-electron chi connectivity index (χ4n) is 0.955. The molecule has 0 saturated carbocycles. The standard InChI is InChI=1S/C9H10ClFO/c1-2-9(12)6-3-4-7(10)8(11)5-6/h3-5,9,12H,2H2,1H3. The molecule has 1 unspecified atom stereocenters. The third kappa shape index (κ3) is 1.96. The van der Waals surface area contributed by atoms with Crippen LogP contribution in [0.3, 0.4) is 0 Å². The van der Waals surface area contributed by atoms with Crippen LogP contribution < -0.4 is 0 Å². The van der Waals surface area contributed by atoms with E-state index in [1.807, 2.05) is 6.92 Å². The minimum atomic E-state index is -0.600. The number of benzene rings is 1. The van der Waals surface area contributed by atoms with Gasteiger partial charge in [0.05, 0.1) is 11.1 Å². The Morgan fingerprint density at radius 1 is 1.58 bits per heavy atom. The Balaban J connectivity index is 2.96. The van der Waals surface area contributed by atoms with Crippen molar-refractivity contribution in [3.63, 3.8) is 0 Å². The molecule has 66 valence electrons. The summed E-state index contributed by atoms with van der Waals surface area (Å²) in [4.78, 5) is 0. The Morgan fingerprint density at radius 2 is 2.25 bits per heavy atom. The van der Waals surface area contributed by atoms with Gasteiger partial charge in [0.15, 0.2) is 0 Å². The first-order valence-electron chi connectivity index (χ1n) is 3.78. The number of rotatable bonds is 2. The predicted molar refractivity (Wildman–Crippen MR) is 46.7 cm³/mol. The van der Waals surface area contributed by atoms with Crippen molar-refractivity contribution in [1.29, 1.82) is 0 Å². The highest BCUT2D eigenvalue weighted by Gasteiger charge is 2.07. The molecule has 1 aromatic rings. The van der Waals surface area contributed by atoms with Crippen molar-refractivity contribution in [1.82, 2.24) is 0 Å². The quantitative estimate of drug-likeness (QED) is 0.757. The highest BCUT2D eigenvalue weighted by Crippen LogP contribution is 2.21. The maximum Gasteiger partial charge on any atom is 0.142 e. The fraction of sp³-hybridized carbons (Fsp3) is 0.333. The molecule has 0 radical (unpaired) electrons. The van der Waals surface area contributed by atoms with Gasteiger partial charge in [-0.2, -0.15) is 0 Å². The third-order valence-electron chi connectivity index (χ3n) is 1.72. The van der Waals surface area contributed by atoms with E-state index in [0.717, 1.165) is 0 Å². The molecule has 3 heteroatoms. The van der Waals surface area contributed by atoms with Gasteiger partial charge in [0.25, 0.3) is 0 Å². The molecule has 12 heavy (non-hydrogen) atoms. The molecular formula is C9H10ClFO. The summed E-state index contributed by atoms with van der Waals surface area (Å²) in [5.74, 6) is -0.485. The number of aliphatic hydroxyl groups is 1. The van der Waals surface area contributed by atoms with Gasteiger partial charge in [-0.25, -0.2) is 4.39 Å². The molecule has 0 saturated heterocycles. The first kappa shape index (κ1) is 9.49. The van der Waals surface area contributed by atoms with E-state index in [1.54, 1.807) is 6.07 Å². The van der Waals surface area contributed by atoms with E-state index >= 15 is 0 Å². The van der Waals surface area contributed by atoms with Gasteiger partial charge in [0.2, 0.25) is 0 Å². The normalized spacial score (nSPS) is 13.0. The summed E-state index contributed by atoms with van der Waals surface area (Å²) in [6.07, 6.45) is -0.0297. The van der Waals surface area contributed by atoms with Crippen LogP contribution in [0.2, 0.25) is 5.02 Å². The lowest BCUT2D eigenvalue weighted by Gasteiger charge is -2.07. The van der Waals surface area contributed by atoms with Crippen LogP contribution in [-0.4, -0.2) is 5.11 Å². The van der Waals surface area contributed by atoms with Crippen molar-refractivity contribution in [2.75, 3.05) is 0 Å². The average Bonchev–Trinajstić information content (AvgIpc) is 2.08. The van der Waals surface area contributed by atoms with Gasteiger partial charge < -0.3 is 5.11 Å². The molecule has 1 atom stereocenters. The molecule has 0 heterocycles. The zero-order valence-corrected chi connectivity index (χ0v) is 7.48. The molecule has 0 aliphatic carbocycles. The van der Waals surface area contributed by atoms with Gasteiger partial charge in [-0.05, 0) is 24.1 Å². The first-order valence-corrected chi connectivity index (χ1v) is 4.16. The van der Waals surface area contributed by atoms with E-state index in [2.05, 4.69) is 0 Å². The summed E-state index contributed by atoms with van der Waals surface area (Å²) in [5.41, 5.74) is 0.569. The van der Waals surface area contributed by atoms with Crippen molar-refractivity contribution in [3.05, 3.63) is 34.6 Å². The Kier molecular flexibility index (Phi) is 3.06. The number of hydrogen-bond donors (Lipinski definition) is 1. The molecule has 0 aliphatic rings. The largest absolute Gasteiger partial charge is 0.388 e. The summed E-state index contributed by atoms with van der Waals surface area (Å²) in [7, 11) is 0. The Labute approximate surface area is 75.8 Å². The van der Waals surface area contributed by atoms with Crippen LogP contribution in [0.1, 0.15) is 25.0 Å². The van der Waals surface area contributed by atoms with Gasteiger partial charge in [0, 0.05) is 0 Å². The summed E-state index contributed by atoms with van der Waals surface area (Å²) < 4.78 is 12.8. The Morgan fingerprint density at radius 3 is 2.75 bits per heavy atom. The van der Waals surface area contributed by atoms with Crippen molar-refractivity contribution < 1.29 is 9.50 Å². The summed E-state index contributed by atoms with van der Waals surface area (Å²) in [6, 6.07) is 4.33. The van der Waals surface area contributed by atoms with E-state index in [0.29, 0.717) is 12.0 Å². The van der Waals surface area contributed by atoms with Crippen molar-refractivity contribution in [3.8, 4) is 0 Å². The van der Waals surface area contributed by atoms with Crippen LogP contribution in [-0.2, 0) is 0 Å². The number of halogens is 2. The molecule has 0 spiro atoms. The Hall–Kier alpha value is -0.600. The van der Waals surface area contributed by atoms with E-state index in [9.17, 15) is 9.50 Å². The second kappa shape index (κ2) is 3.87. The molecule has 1 nitrogen and oxygen atoms in total. The van der Waals surface area contributed by atoms with Gasteiger partial charge in [-0.15, -0.1) is 0 Å². The first-order chi connectivity index (χ1) is 5.65. The monoisotopic (exact) mass is 188 g/mol. The van der Waals surface area contributed by atoms with Crippen LogP contribution in [0, 0.1) is 5.82 Å². The molecule has 0 aliphatic heterocycles. The van der Waals surface area contributed by atoms with Crippen LogP contribution in [0.15, 0.2) is 18.2 Å². The SMILES string of the molecule is CCC(O)c1ccc(Cl)c(F)c1. The lowest BCUT2D eigenvalue weighted by molar-refractivity contribution is 0.173. The van der Waals surface area contributed by atoms with E-state index in [4.69, 9.17) is 11.6 Å². The van der Waals surface area contributed by atoms with E-state index in [1.165, 1.54) is 12.1 Å². The van der Waals surface area contributed by atoms with E-state index < -0.39 is 11.9 Å². The van der Waals surface area contributed by atoms with Crippen LogP contribution in [0.25, 0.3) is 0 Å². The van der Waals surface area contributed by atoms with Crippen molar-refractivity contribution in [2.24, 2.45) is 0 Å². The molecular weight excluding hydrogens is 179 g/mol. The summed E-state index contributed by atoms with van der Waals surface area (Å²) in [6.45, 7) is 1.83. The number of hydrogen-bond acceptors (Lipinski definition) is 1. The second-order valence-electron chi connectivity index (χ2n) is 2.60. The predicted octanol–water partition coefficient (Wildman–Crippen LogP) is 2.92. The minimum absolute atomic E-state index is 0.0852. The maximum atomic E-state index is 12.8. The molecule has 1 N–H and O–H groups in total. The fourth-order valence-corrected chi connectivity index (χ4v) is 1.07. The van der Waals surface area contributed by atoms with Gasteiger partial charge in [-0.1, -0.05) is 24.6 Å². The lowest BCUT2D eigenvalue weighted by atomic mass is 10.1. The smallest absolute Gasteiger partial charge is 0.142 e. The van der Waals surface area contributed by atoms with Crippen LogP contribution in [0.4, 0.5) is 4.39 Å². The van der Waals surface area contributed by atoms with Crippen LogP contribution >= 0.6 is 11.6 Å². The molecule has 0 bridgehead atoms. The Bertz CT molecular complexity index is 275. The molecule has 0 amide bonds. The molecule has 1 rings (SSSR count). The van der Waals surface area contributed by atoms with Gasteiger partial charge in [-0.3, -0.25) is 0 Å². The van der Waals surface area contributed by atoms with Gasteiger partial charge in [0.1, 0.15) is 5.82 Å². The van der Waals surface area contributed by atoms with Crippen molar-refractivity contribution in [2.45, 2.75) is 19.4 Å². The highest BCUT2D eigenvalue weighted by atomic mass is 35.5. The average molecular weight is 189 g/mol. The molecule has 0 fully saturated rings. The molecule has 1 aromatic carbocycles. The third-order valence-corrected chi connectivity index (χ3v) is 2.02. The lowest BCUT2D eigenvalue weighted by Crippen LogP contribution is -1.95. The number of aliphatic hydroxyl groups excluding tert-OH is 1. The van der Waals surface area contributed by atoms with E-state index in [-0.39, 0.29) is 5.02 Å². The van der Waals surface area contributed by atoms with Crippen LogP contribution in [0.5, 0.6) is 0 Å². The topological polar surface area (TPSA) is 20.2 Å². The summed E-state index contributed by atoms with van der Waals surface area (Å²) in [5, 5.41) is 9.42. The zero-order chi connectivity index (χ0) is 9.14. The maximum absolute atomic E-state index is 12.8.